The van der Waals surface area contributed by atoms with Gasteiger partial charge in [0.05, 0.1) is 10.5 Å². The van der Waals surface area contributed by atoms with E-state index in [0.29, 0.717) is 31.4 Å². The van der Waals surface area contributed by atoms with Crippen LogP contribution >= 0.6 is 0 Å². The molecule has 200 valence electrons. The summed E-state index contributed by atoms with van der Waals surface area (Å²) in [6.45, 7) is -1.72. The van der Waals surface area contributed by atoms with Gasteiger partial charge in [-0.25, -0.2) is 18.1 Å². The summed E-state index contributed by atoms with van der Waals surface area (Å²) in [7, 11) is -4.45. The van der Waals surface area contributed by atoms with Crippen molar-refractivity contribution in [3.63, 3.8) is 0 Å². The number of alkyl halides is 6. The Hall–Kier alpha value is -3.20. The van der Waals surface area contributed by atoms with E-state index < -0.39 is 51.4 Å². The van der Waals surface area contributed by atoms with Crippen LogP contribution in [0.3, 0.4) is 0 Å². The minimum atomic E-state index is -4.93. The van der Waals surface area contributed by atoms with E-state index in [1.165, 1.54) is 24.8 Å². The first-order valence-electron chi connectivity index (χ1n) is 11.1. The maximum absolute atomic E-state index is 13.7. The molecule has 37 heavy (non-hydrogen) atoms. The number of benzene rings is 1. The van der Waals surface area contributed by atoms with E-state index in [4.69, 9.17) is 0 Å². The quantitative estimate of drug-likeness (QED) is 0.427. The molecule has 2 heterocycles. The summed E-state index contributed by atoms with van der Waals surface area (Å²) in [6.07, 6.45) is -3.25. The summed E-state index contributed by atoms with van der Waals surface area (Å²) < 4.78 is 114. The molecule has 0 radical (unpaired) electrons. The summed E-state index contributed by atoms with van der Waals surface area (Å²) in [5, 5.41) is 7.48. The van der Waals surface area contributed by atoms with E-state index in [-0.39, 0.29) is 17.2 Å². The molecule has 0 spiro atoms. The summed E-state index contributed by atoms with van der Waals surface area (Å²) in [5.41, 5.74) is -1.83. The number of ether oxygens (including phenoxy) is 1. The third-order valence-corrected chi connectivity index (χ3v) is 7.33. The first-order valence-corrected chi connectivity index (χ1v) is 12.5. The molecule has 2 atom stereocenters. The van der Waals surface area contributed by atoms with E-state index in [1.807, 2.05) is 0 Å². The lowest BCUT2D eigenvalue weighted by atomic mass is 9.91. The Morgan fingerprint density at radius 2 is 1.78 bits per heavy atom. The molecule has 8 nitrogen and oxygen atoms in total. The summed E-state index contributed by atoms with van der Waals surface area (Å²) in [5.74, 6) is -0.584. The number of sulfonamides is 1. The van der Waals surface area contributed by atoms with Crippen molar-refractivity contribution < 1.29 is 39.5 Å². The molecule has 1 fully saturated rings. The minimum Gasteiger partial charge on any atom is -0.468 e. The highest BCUT2D eigenvalue weighted by Gasteiger charge is 2.35. The van der Waals surface area contributed by atoms with Gasteiger partial charge in [0.15, 0.2) is 6.61 Å². The number of halogens is 6. The zero-order valence-corrected chi connectivity index (χ0v) is 19.8. The molecule has 15 heteroatoms. The molecule has 4 rings (SSSR count). The van der Waals surface area contributed by atoms with Gasteiger partial charge in [-0.2, -0.15) is 26.3 Å². The number of nitrogens with zero attached hydrogens (tertiary/aromatic N) is 4. The Morgan fingerprint density at radius 3 is 2.46 bits per heavy atom. The van der Waals surface area contributed by atoms with Crippen molar-refractivity contribution in [1.82, 2.24) is 24.5 Å². The summed E-state index contributed by atoms with van der Waals surface area (Å²) in [6, 6.07) is 3.91. The van der Waals surface area contributed by atoms with Crippen LogP contribution in [-0.2, 0) is 16.2 Å². The molecule has 0 bridgehead atoms. The molecular formula is C22H21F6N5O3S. The van der Waals surface area contributed by atoms with E-state index >= 15 is 0 Å². The maximum atomic E-state index is 13.7. The Balaban J connectivity index is 1.67. The minimum absolute atomic E-state index is 0.0859. The fourth-order valence-electron chi connectivity index (χ4n) is 4.18. The number of aromatic nitrogens is 4. The Bertz CT molecular complexity index is 1330. The molecule has 0 unspecified atom stereocenters. The van der Waals surface area contributed by atoms with Gasteiger partial charge in [0.25, 0.3) is 0 Å². The molecule has 3 aromatic rings. The SMILES string of the molecule is O=S(=O)(N[C@H]1CCC[C@@H](n2cnnc2)C1)c1cc(-c2cccnc2OCC(F)(F)F)cc(C(F)(F)F)c1. The lowest BCUT2D eigenvalue weighted by molar-refractivity contribution is -0.154. The van der Waals surface area contributed by atoms with E-state index in [9.17, 15) is 34.8 Å². The third-order valence-electron chi connectivity index (χ3n) is 5.83. The number of nitrogens with one attached hydrogen (secondary N) is 1. The lowest BCUT2D eigenvalue weighted by Gasteiger charge is -2.30. The van der Waals surface area contributed by atoms with Crippen LogP contribution in [0.15, 0.2) is 54.1 Å². The van der Waals surface area contributed by atoms with Crippen LogP contribution in [0, 0.1) is 0 Å². The number of hydrogen-bond acceptors (Lipinski definition) is 6. The molecule has 1 saturated carbocycles. The van der Waals surface area contributed by atoms with Gasteiger partial charge in [0.1, 0.15) is 12.7 Å². The van der Waals surface area contributed by atoms with Crippen molar-refractivity contribution in [2.45, 2.75) is 55.0 Å². The van der Waals surface area contributed by atoms with E-state index in [1.54, 1.807) is 4.57 Å². The smallest absolute Gasteiger partial charge is 0.422 e. The van der Waals surface area contributed by atoms with Crippen LogP contribution in [0.25, 0.3) is 11.1 Å². The molecule has 1 aliphatic carbocycles. The second-order valence-electron chi connectivity index (χ2n) is 8.55. The third kappa shape index (κ3) is 6.77. The maximum Gasteiger partial charge on any atom is 0.422 e. The van der Waals surface area contributed by atoms with Crippen molar-refractivity contribution in [3.8, 4) is 17.0 Å². The van der Waals surface area contributed by atoms with E-state index in [0.717, 1.165) is 18.7 Å². The second kappa shape index (κ2) is 10.3. The van der Waals surface area contributed by atoms with Crippen molar-refractivity contribution in [2.24, 2.45) is 0 Å². The highest BCUT2D eigenvalue weighted by molar-refractivity contribution is 7.89. The van der Waals surface area contributed by atoms with Crippen LogP contribution in [0.1, 0.15) is 37.3 Å². The fraction of sp³-hybridized carbons (Fsp3) is 0.409. The average Bonchev–Trinajstić information content (AvgIpc) is 3.37. The summed E-state index contributed by atoms with van der Waals surface area (Å²) >= 11 is 0. The van der Waals surface area contributed by atoms with Gasteiger partial charge < -0.3 is 9.30 Å². The number of rotatable bonds is 7. The molecule has 0 amide bonds. The molecule has 0 aliphatic heterocycles. The van der Waals surface area contributed by atoms with Gasteiger partial charge in [-0.3, -0.25) is 0 Å². The monoisotopic (exact) mass is 549 g/mol. The van der Waals surface area contributed by atoms with Crippen LogP contribution in [-0.4, -0.2) is 47.0 Å². The first kappa shape index (κ1) is 26.9. The van der Waals surface area contributed by atoms with Gasteiger partial charge in [-0.15, -0.1) is 10.2 Å². The van der Waals surface area contributed by atoms with Gasteiger partial charge in [0, 0.05) is 23.8 Å². The fourth-order valence-corrected chi connectivity index (χ4v) is 5.53. The molecule has 1 aliphatic rings. The predicted octanol–water partition coefficient (Wildman–Crippen LogP) is 4.76. The Kier molecular flexibility index (Phi) is 7.46. The molecule has 0 saturated heterocycles. The Labute approximate surface area is 207 Å². The predicted molar refractivity (Wildman–Crippen MR) is 118 cm³/mol. The van der Waals surface area contributed by atoms with Crippen LogP contribution in [0.2, 0.25) is 0 Å². The zero-order valence-electron chi connectivity index (χ0n) is 19.0. The van der Waals surface area contributed by atoms with Gasteiger partial charge in [-0.1, -0.05) is 0 Å². The van der Waals surface area contributed by atoms with Crippen molar-refractivity contribution in [1.29, 1.82) is 0 Å². The van der Waals surface area contributed by atoms with Crippen molar-refractivity contribution >= 4 is 10.0 Å². The number of pyridine rings is 1. The summed E-state index contributed by atoms with van der Waals surface area (Å²) in [4.78, 5) is 3.00. The second-order valence-corrected chi connectivity index (χ2v) is 10.3. The van der Waals surface area contributed by atoms with Crippen molar-refractivity contribution in [3.05, 3.63) is 54.7 Å². The molecular weight excluding hydrogens is 528 g/mol. The van der Waals surface area contributed by atoms with E-state index in [2.05, 4.69) is 24.6 Å². The Morgan fingerprint density at radius 1 is 1.05 bits per heavy atom. The topological polar surface area (TPSA) is 99.0 Å². The zero-order chi connectivity index (χ0) is 26.8. The van der Waals surface area contributed by atoms with Gasteiger partial charge >= 0.3 is 12.4 Å². The van der Waals surface area contributed by atoms with Gasteiger partial charge in [0.2, 0.25) is 15.9 Å². The normalized spacial score (nSPS) is 19.1. The number of hydrogen-bond donors (Lipinski definition) is 1. The highest BCUT2D eigenvalue weighted by atomic mass is 32.2. The molecule has 2 aromatic heterocycles. The van der Waals surface area contributed by atoms with Crippen molar-refractivity contribution in [2.75, 3.05) is 6.61 Å². The molecule has 1 N–H and O–H groups in total. The average molecular weight is 549 g/mol. The standard InChI is InChI=1S/C22H21F6N5O3S/c23-21(24,25)11-36-20-19(5-2-6-29-20)14-7-15(22(26,27)28)9-18(8-14)37(34,35)32-16-3-1-4-17(10-16)33-12-30-31-13-33/h2,5-9,12-13,16-17,32H,1,3-4,10-11H2/t16-,17+/m0/s1. The van der Waals surface area contributed by atoms with Crippen LogP contribution in [0.4, 0.5) is 26.3 Å². The largest absolute Gasteiger partial charge is 0.468 e. The highest BCUT2D eigenvalue weighted by Crippen LogP contribution is 2.37. The molecule has 1 aromatic carbocycles. The van der Waals surface area contributed by atoms with Crippen LogP contribution in [0.5, 0.6) is 5.88 Å². The first-order chi connectivity index (χ1) is 17.3. The van der Waals surface area contributed by atoms with Crippen LogP contribution < -0.4 is 9.46 Å². The van der Waals surface area contributed by atoms with Gasteiger partial charge in [-0.05, 0) is 61.6 Å². The lowest BCUT2D eigenvalue weighted by Crippen LogP contribution is -2.38.